The van der Waals surface area contributed by atoms with Gasteiger partial charge in [0.1, 0.15) is 18.8 Å². The first kappa shape index (κ1) is 25.6. The Balaban J connectivity index is 1.74. The van der Waals surface area contributed by atoms with Crippen LogP contribution in [0.4, 0.5) is 4.79 Å². The molecule has 0 atom stereocenters. The highest BCUT2D eigenvalue weighted by molar-refractivity contribution is 9.10. The lowest BCUT2D eigenvalue weighted by Crippen LogP contribution is -2.37. The van der Waals surface area contributed by atoms with E-state index in [9.17, 15) is 14.4 Å². The molecule has 0 radical (unpaired) electrons. The number of nitrogens with zero attached hydrogens (tertiary/aromatic N) is 1. The van der Waals surface area contributed by atoms with Crippen LogP contribution in [-0.4, -0.2) is 34.2 Å². The summed E-state index contributed by atoms with van der Waals surface area (Å²) in [4.78, 5) is 38.0. The number of rotatable bonds is 6. The van der Waals surface area contributed by atoms with Crippen LogP contribution in [0, 0.1) is 0 Å². The third-order valence-electron chi connectivity index (χ3n) is 4.23. The van der Waals surface area contributed by atoms with E-state index in [0.29, 0.717) is 25.8 Å². The summed E-state index contributed by atoms with van der Waals surface area (Å²) in [6.07, 6.45) is 1.54. The molecule has 2 aromatic rings. The van der Waals surface area contributed by atoms with E-state index in [1.165, 1.54) is 6.08 Å². The summed E-state index contributed by atoms with van der Waals surface area (Å²) in [7, 11) is 0. The summed E-state index contributed by atoms with van der Waals surface area (Å²) < 4.78 is 11.6. The second-order valence-electron chi connectivity index (χ2n) is 8.05. The Morgan fingerprint density at radius 3 is 2.48 bits per heavy atom. The fourth-order valence-corrected chi connectivity index (χ4v) is 4.87. The SMILES string of the molecule is CC(C)(C)OC(=O)CN1C(=O)SC(=Cc2cc(Cl)c(OCc3ccccc3Cl)c(Br)c2)C1=O. The molecule has 2 amide bonds. The van der Waals surface area contributed by atoms with E-state index >= 15 is 0 Å². The summed E-state index contributed by atoms with van der Waals surface area (Å²) in [5.74, 6) is -0.800. The Morgan fingerprint density at radius 2 is 1.85 bits per heavy atom. The van der Waals surface area contributed by atoms with Gasteiger partial charge >= 0.3 is 5.97 Å². The zero-order valence-electron chi connectivity index (χ0n) is 18.0. The molecule has 3 rings (SSSR count). The number of carbonyl (C=O) groups is 3. The molecule has 0 aromatic heterocycles. The molecule has 6 nitrogen and oxygen atoms in total. The monoisotopic (exact) mass is 571 g/mol. The maximum atomic E-state index is 12.7. The van der Waals surface area contributed by atoms with Gasteiger partial charge in [0.15, 0.2) is 5.75 Å². The number of hydrogen-bond donors (Lipinski definition) is 0. The molecule has 10 heteroatoms. The van der Waals surface area contributed by atoms with Crippen LogP contribution in [0.1, 0.15) is 31.9 Å². The summed E-state index contributed by atoms with van der Waals surface area (Å²) in [6, 6.07) is 10.7. The standard InChI is InChI=1S/C23H20BrCl2NO5S/c1-23(2,3)32-19(28)11-27-21(29)18(33-22(27)30)10-13-8-15(24)20(17(26)9-13)31-12-14-6-4-5-7-16(14)25/h4-10H,11-12H2,1-3H3. The number of thioether (sulfide) groups is 1. The summed E-state index contributed by atoms with van der Waals surface area (Å²) in [5, 5.41) is 0.362. The lowest BCUT2D eigenvalue weighted by molar-refractivity contribution is -0.156. The first-order chi connectivity index (χ1) is 15.4. The van der Waals surface area contributed by atoms with Crippen molar-refractivity contribution in [3.05, 3.63) is 66.9 Å². The zero-order valence-corrected chi connectivity index (χ0v) is 21.9. The van der Waals surface area contributed by atoms with Crippen LogP contribution in [-0.2, 0) is 20.9 Å². The molecule has 33 heavy (non-hydrogen) atoms. The number of carbonyl (C=O) groups excluding carboxylic acids is 3. The van der Waals surface area contributed by atoms with Crippen LogP contribution in [0.15, 0.2) is 45.8 Å². The van der Waals surface area contributed by atoms with E-state index in [2.05, 4.69) is 15.9 Å². The third kappa shape index (κ3) is 6.76. The van der Waals surface area contributed by atoms with Crippen molar-refractivity contribution >= 4 is 74.1 Å². The number of benzene rings is 2. The van der Waals surface area contributed by atoms with Gasteiger partial charge in [-0.2, -0.15) is 0 Å². The highest BCUT2D eigenvalue weighted by Crippen LogP contribution is 2.38. The molecular formula is C23H20BrCl2NO5S. The topological polar surface area (TPSA) is 72.9 Å². The molecule has 0 aliphatic carbocycles. The second kappa shape index (κ2) is 10.5. The molecular weight excluding hydrogens is 553 g/mol. The van der Waals surface area contributed by atoms with Crippen molar-refractivity contribution in [2.75, 3.05) is 6.54 Å². The van der Waals surface area contributed by atoms with Crippen molar-refractivity contribution in [3.8, 4) is 5.75 Å². The highest BCUT2D eigenvalue weighted by atomic mass is 79.9. The van der Waals surface area contributed by atoms with Gasteiger partial charge in [-0.1, -0.05) is 41.4 Å². The number of halogens is 3. The minimum Gasteiger partial charge on any atom is -0.486 e. The average molecular weight is 573 g/mol. The van der Waals surface area contributed by atoms with Crippen molar-refractivity contribution in [2.45, 2.75) is 33.0 Å². The van der Waals surface area contributed by atoms with Crippen molar-refractivity contribution in [1.29, 1.82) is 0 Å². The first-order valence-electron chi connectivity index (χ1n) is 9.77. The number of amides is 2. The molecule has 1 heterocycles. The number of esters is 1. The molecule has 1 aliphatic heterocycles. The van der Waals surface area contributed by atoms with Gasteiger partial charge in [0.2, 0.25) is 0 Å². The lowest BCUT2D eigenvalue weighted by Gasteiger charge is -2.21. The van der Waals surface area contributed by atoms with Crippen molar-refractivity contribution in [1.82, 2.24) is 4.90 Å². The maximum Gasteiger partial charge on any atom is 0.326 e. The molecule has 1 saturated heterocycles. The van der Waals surface area contributed by atoms with Crippen LogP contribution in [0.5, 0.6) is 5.75 Å². The van der Waals surface area contributed by atoms with Gasteiger partial charge in [-0.05, 0) is 78.3 Å². The summed E-state index contributed by atoms with van der Waals surface area (Å²) in [6.45, 7) is 4.91. The van der Waals surface area contributed by atoms with Gasteiger partial charge in [0.05, 0.1) is 14.4 Å². The number of imide groups is 1. The fourth-order valence-electron chi connectivity index (χ4n) is 2.86. The minimum absolute atomic E-state index is 0.177. The van der Waals surface area contributed by atoms with Crippen molar-refractivity contribution in [2.24, 2.45) is 0 Å². The van der Waals surface area contributed by atoms with Crippen LogP contribution >= 0.6 is 50.9 Å². The maximum absolute atomic E-state index is 12.7. The van der Waals surface area contributed by atoms with Gasteiger partial charge in [0.25, 0.3) is 11.1 Å². The largest absolute Gasteiger partial charge is 0.486 e. The van der Waals surface area contributed by atoms with E-state index in [0.717, 1.165) is 22.2 Å². The molecule has 0 bridgehead atoms. The molecule has 1 fully saturated rings. The van der Waals surface area contributed by atoms with Gasteiger partial charge < -0.3 is 9.47 Å². The Kier molecular flexibility index (Phi) is 8.16. The molecule has 0 N–H and O–H groups in total. The van der Waals surface area contributed by atoms with Crippen molar-refractivity contribution in [3.63, 3.8) is 0 Å². The molecule has 0 saturated carbocycles. The molecule has 2 aromatic carbocycles. The Hall–Kier alpha value is -2.00. The Bertz CT molecular complexity index is 1120. The summed E-state index contributed by atoms with van der Waals surface area (Å²) >= 11 is 16.8. The molecule has 174 valence electrons. The zero-order chi connectivity index (χ0) is 24.3. The second-order valence-corrected chi connectivity index (χ2v) is 10.7. The van der Waals surface area contributed by atoms with E-state index < -0.39 is 29.3 Å². The lowest BCUT2D eigenvalue weighted by atomic mass is 10.2. The van der Waals surface area contributed by atoms with E-state index in [4.69, 9.17) is 32.7 Å². The fraction of sp³-hybridized carbons (Fsp3) is 0.261. The quantitative estimate of drug-likeness (QED) is 0.283. The van der Waals surface area contributed by atoms with Gasteiger partial charge in [-0.25, -0.2) is 0 Å². The van der Waals surface area contributed by atoms with Gasteiger partial charge in [0, 0.05) is 10.6 Å². The molecule has 1 aliphatic rings. The van der Waals surface area contributed by atoms with Crippen LogP contribution in [0.3, 0.4) is 0 Å². The number of ether oxygens (including phenoxy) is 2. The minimum atomic E-state index is -0.715. The molecule has 0 unspecified atom stereocenters. The van der Waals surface area contributed by atoms with E-state index in [1.54, 1.807) is 39.0 Å². The predicted octanol–water partition coefficient (Wildman–Crippen LogP) is 6.71. The van der Waals surface area contributed by atoms with Gasteiger partial charge in [-0.3, -0.25) is 19.3 Å². The van der Waals surface area contributed by atoms with Crippen molar-refractivity contribution < 1.29 is 23.9 Å². The Labute approximate surface area is 214 Å². The summed E-state index contributed by atoms with van der Waals surface area (Å²) in [5.41, 5.74) is 0.678. The predicted molar refractivity (Wildman–Crippen MR) is 133 cm³/mol. The van der Waals surface area contributed by atoms with Gasteiger partial charge in [-0.15, -0.1) is 0 Å². The third-order valence-corrected chi connectivity index (χ3v) is 6.37. The smallest absolute Gasteiger partial charge is 0.326 e. The average Bonchev–Trinajstić information content (AvgIpc) is 2.94. The van der Waals surface area contributed by atoms with Crippen LogP contribution < -0.4 is 4.74 Å². The first-order valence-corrected chi connectivity index (χ1v) is 12.1. The highest BCUT2D eigenvalue weighted by Gasteiger charge is 2.37. The Morgan fingerprint density at radius 1 is 1.15 bits per heavy atom. The normalized spacial score (nSPS) is 15.3. The molecule has 0 spiro atoms. The van der Waals surface area contributed by atoms with Crippen LogP contribution in [0.2, 0.25) is 10.0 Å². The van der Waals surface area contributed by atoms with E-state index in [1.807, 2.05) is 18.2 Å². The number of hydrogen-bond acceptors (Lipinski definition) is 6. The van der Waals surface area contributed by atoms with E-state index in [-0.39, 0.29) is 11.5 Å². The van der Waals surface area contributed by atoms with Crippen LogP contribution in [0.25, 0.3) is 6.08 Å².